The van der Waals surface area contributed by atoms with Gasteiger partial charge in [0.25, 0.3) is 0 Å². The van der Waals surface area contributed by atoms with Gasteiger partial charge >= 0.3 is 0 Å². The molecule has 1 heterocycles. The van der Waals surface area contributed by atoms with Crippen molar-refractivity contribution in [1.82, 2.24) is 0 Å². The van der Waals surface area contributed by atoms with E-state index in [0.717, 1.165) is 6.07 Å². The average Bonchev–Trinajstić information content (AvgIpc) is 2.10. The summed E-state index contributed by atoms with van der Waals surface area (Å²) in [6, 6.07) is 1.06. The van der Waals surface area contributed by atoms with Crippen molar-refractivity contribution in [1.29, 1.82) is 0 Å². The SMILES string of the molecule is Cc1cc(=O)c(O)c(C(O)CF)o1. The van der Waals surface area contributed by atoms with E-state index in [4.69, 9.17) is 14.6 Å². The molecule has 0 radical (unpaired) electrons. The molecule has 0 amide bonds. The van der Waals surface area contributed by atoms with Crippen LogP contribution in [-0.4, -0.2) is 16.9 Å². The summed E-state index contributed by atoms with van der Waals surface area (Å²) in [5.41, 5.74) is -0.689. The van der Waals surface area contributed by atoms with E-state index in [0.29, 0.717) is 0 Å². The van der Waals surface area contributed by atoms with Crippen LogP contribution in [0.15, 0.2) is 15.3 Å². The summed E-state index contributed by atoms with van der Waals surface area (Å²) in [6.45, 7) is 0.356. The fourth-order valence-corrected chi connectivity index (χ4v) is 0.922. The first-order chi connectivity index (χ1) is 6.06. The van der Waals surface area contributed by atoms with E-state index in [1.165, 1.54) is 6.92 Å². The van der Waals surface area contributed by atoms with E-state index in [1.807, 2.05) is 0 Å². The van der Waals surface area contributed by atoms with Gasteiger partial charge in [-0.2, -0.15) is 0 Å². The van der Waals surface area contributed by atoms with Crippen molar-refractivity contribution in [2.45, 2.75) is 13.0 Å². The summed E-state index contributed by atoms with van der Waals surface area (Å²) < 4.78 is 16.8. The standard InChI is InChI=1S/C8H9FO4/c1-4-2-5(10)7(12)8(13-4)6(11)3-9/h2,6,11-12H,3H2,1H3. The van der Waals surface area contributed by atoms with E-state index >= 15 is 0 Å². The number of hydrogen-bond acceptors (Lipinski definition) is 4. The van der Waals surface area contributed by atoms with Crippen molar-refractivity contribution in [3.8, 4) is 5.75 Å². The molecule has 1 unspecified atom stereocenters. The topological polar surface area (TPSA) is 70.7 Å². The Labute approximate surface area is 73.2 Å². The van der Waals surface area contributed by atoms with Crippen LogP contribution in [0.4, 0.5) is 4.39 Å². The monoisotopic (exact) mass is 188 g/mol. The van der Waals surface area contributed by atoms with Gasteiger partial charge in [-0.15, -0.1) is 0 Å². The van der Waals surface area contributed by atoms with Gasteiger partial charge in [-0.05, 0) is 6.92 Å². The Morgan fingerprint density at radius 3 is 2.85 bits per heavy atom. The number of aliphatic hydroxyl groups is 1. The molecule has 0 spiro atoms. The molecule has 0 aromatic carbocycles. The lowest BCUT2D eigenvalue weighted by atomic mass is 10.2. The highest BCUT2D eigenvalue weighted by Crippen LogP contribution is 2.21. The van der Waals surface area contributed by atoms with Gasteiger partial charge in [0.15, 0.2) is 5.76 Å². The largest absolute Gasteiger partial charge is 0.502 e. The molecule has 0 aliphatic carbocycles. The minimum atomic E-state index is -1.59. The smallest absolute Gasteiger partial charge is 0.227 e. The van der Waals surface area contributed by atoms with Gasteiger partial charge < -0.3 is 14.6 Å². The van der Waals surface area contributed by atoms with Gasteiger partial charge in [0, 0.05) is 6.07 Å². The van der Waals surface area contributed by atoms with E-state index in [9.17, 15) is 9.18 Å². The number of alkyl halides is 1. The molecule has 0 aliphatic heterocycles. The molecule has 5 heteroatoms. The van der Waals surface area contributed by atoms with Crippen LogP contribution in [-0.2, 0) is 0 Å². The molecule has 0 saturated heterocycles. The molecule has 0 aliphatic rings. The molecule has 1 atom stereocenters. The Bertz CT molecular complexity index is 358. The molecule has 0 fully saturated rings. The number of aromatic hydroxyl groups is 1. The summed E-state index contributed by atoms with van der Waals surface area (Å²) in [5, 5.41) is 18.1. The summed E-state index contributed by atoms with van der Waals surface area (Å²) in [7, 11) is 0. The van der Waals surface area contributed by atoms with Gasteiger partial charge in [0.2, 0.25) is 11.2 Å². The quantitative estimate of drug-likeness (QED) is 0.715. The third-order valence-electron chi connectivity index (χ3n) is 1.52. The molecule has 0 saturated carbocycles. The Kier molecular flexibility index (Phi) is 2.67. The van der Waals surface area contributed by atoms with Gasteiger partial charge in [-0.3, -0.25) is 4.79 Å². The van der Waals surface area contributed by atoms with E-state index < -0.39 is 29.7 Å². The number of aryl methyl sites for hydroxylation is 1. The lowest BCUT2D eigenvalue weighted by molar-refractivity contribution is 0.110. The number of rotatable bonds is 2. The maximum absolute atomic E-state index is 12.0. The molecule has 2 N–H and O–H groups in total. The molecular formula is C8H9FO4. The minimum absolute atomic E-state index is 0.213. The van der Waals surface area contributed by atoms with Crippen LogP contribution >= 0.6 is 0 Å². The van der Waals surface area contributed by atoms with Gasteiger partial charge in [0.05, 0.1) is 0 Å². The first-order valence-electron chi connectivity index (χ1n) is 3.64. The summed E-state index contributed by atoms with van der Waals surface area (Å²) >= 11 is 0. The Morgan fingerprint density at radius 1 is 1.69 bits per heavy atom. The van der Waals surface area contributed by atoms with Crippen molar-refractivity contribution in [2.75, 3.05) is 6.67 Å². The van der Waals surface area contributed by atoms with Crippen LogP contribution in [0.2, 0.25) is 0 Å². The van der Waals surface area contributed by atoms with Crippen molar-refractivity contribution in [2.24, 2.45) is 0 Å². The van der Waals surface area contributed by atoms with E-state index in [-0.39, 0.29) is 5.76 Å². The van der Waals surface area contributed by atoms with Crippen LogP contribution < -0.4 is 5.43 Å². The van der Waals surface area contributed by atoms with Gasteiger partial charge in [-0.25, -0.2) is 4.39 Å². The summed E-state index contributed by atoms with van der Waals surface area (Å²) in [6.07, 6.45) is -1.59. The van der Waals surface area contributed by atoms with Crippen molar-refractivity contribution in [3.63, 3.8) is 0 Å². The lowest BCUT2D eigenvalue weighted by Crippen LogP contribution is -2.08. The predicted octanol–water partition coefficient (Wildman–Crippen LogP) is 0.657. The molecule has 0 bridgehead atoms. The third kappa shape index (κ3) is 1.86. The molecule has 4 nitrogen and oxygen atoms in total. The van der Waals surface area contributed by atoms with Crippen molar-refractivity contribution >= 4 is 0 Å². The fourth-order valence-electron chi connectivity index (χ4n) is 0.922. The first kappa shape index (κ1) is 9.73. The van der Waals surface area contributed by atoms with Crippen LogP contribution in [0.25, 0.3) is 0 Å². The zero-order valence-corrected chi connectivity index (χ0v) is 6.95. The minimum Gasteiger partial charge on any atom is -0.502 e. The van der Waals surface area contributed by atoms with E-state index in [2.05, 4.69) is 0 Å². The highest BCUT2D eigenvalue weighted by Gasteiger charge is 2.17. The highest BCUT2D eigenvalue weighted by atomic mass is 19.1. The molecule has 13 heavy (non-hydrogen) atoms. The predicted molar refractivity (Wildman–Crippen MR) is 42.3 cm³/mol. The number of aliphatic hydroxyl groups excluding tert-OH is 1. The molecule has 1 aromatic rings. The number of hydrogen-bond donors (Lipinski definition) is 2. The normalized spacial score (nSPS) is 12.8. The zero-order valence-electron chi connectivity index (χ0n) is 6.95. The highest BCUT2D eigenvalue weighted by molar-refractivity contribution is 5.26. The second kappa shape index (κ2) is 3.57. The Balaban J connectivity index is 3.28. The van der Waals surface area contributed by atoms with Crippen LogP contribution in [0.5, 0.6) is 5.75 Å². The van der Waals surface area contributed by atoms with Gasteiger partial charge in [0.1, 0.15) is 18.5 Å². The number of halogens is 1. The van der Waals surface area contributed by atoms with Crippen LogP contribution in [0, 0.1) is 6.92 Å². The maximum atomic E-state index is 12.0. The van der Waals surface area contributed by atoms with Gasteiger partial charge in [-0.1, -0.05) is 0 Å². The van der Waals surface area contributed by atoms with Crippen LogP contribution in [0.3, 0.4) is 0 Å². The third-order valence-corrected chi connectivity index (χ3v) is 1.52. The molecule has 1 aromatic heterocycles. The lowest BCUT2D eigenvalue weighted by Gasteiger charge is -2.07. The molecular weight excluding hydrogens is 179 g/mol. The Morgan fingerprint density at radius 2 is 2.31 bits per heavy atom. The second-order valence-electron chi connectivity index (χ2n) is 2.60. The molecule has 72 valence electrons. The van der Waals surface area contributed by atoms with Crippen molar-refractivity contribution in [3.05, 3.63) is 27.8 Å². The summed E-state index contributed by atoms with van der Waals surface area (Å²) in [5.74, 6) is -0.950. The average molecular weight is 188 g/mol. The molecule has 1 rings (SSSR count). The first-order valence-corrected chi connectivity index (χ1v) is 3.64. The Hall–Kier alpha value is -1.36. The van der Waals surface area contributed by atoms with E-state index in [1.54, 1.807) is 0 Å². The fraction of sp³-hybridized carbons (Fsp3) is 0.375. The summed E-state index contributed by atoms with van der Waals surface area (Å²) in [4.78, 5) is 10.9. The maximum Gasteiger partial charge on any atom is 0.227 e. The van der Waals surface area contributed by atoms with Crippen molar-refractivity contribution < 1.29 is 19.0 Å². The second-order valence-corrected chi connectivity index (χ2v) is 2.60. The zero-order chi connectivity index (χ0) is 10.0. The van der Waals surface area contributed by atoms with Crippen LogP contribution in [0.1, 0.15) is 17.6 Å².